The number of nitrogens with zero attached hydrogens (tertiary/aromatic N) is 1. The van der Waals surface area contributed by atoms with Gasteiger partial charge in [-0.2, -0.15) is 0 Å². The molecule has 0 bridgehead atoms. The number of nitrogens with one attached hydrogen (secondary N) is 2. The molecule has 2 aromatic carbocycles. The summed E-state index contributed by atoms with van der Waals surface area (Å²) in [5, 5.41) is 7.21. The van der Waals surface area contributed by atoms with Crippen molar-refractivity contribution in [3.05, 3.63) is 65.4 Å². The van der Waals surface area contributed by atoms with Crippen molar-refractivity contribution in [1.82, 2.24) is 15.2 Å². The van der Waals surface area contributed by atoms with E-state index in [0.29, 0.717) is 6.54 Å². The molecule has 0 aliphatic carbocycles. The number of hydrogen-bond donors (Lipinski definition) is 2. The van der Waals surface area contributed by atoms with Crippen LogP contribution in [0.25, 0.3) is 16.6 Å². The summed E-state index contributed by atoms with van der Waals surface area (Å²) in [6.07, 6.45) is 3.03. The molecule has 4 rings (SSSR count). The van der Waals surface area contributed by atoms with E-state index < -0.39 is 0 Å². The lowest BCUT2D eigenvalue weighted by atomic mass is 10.1. The zero-order valence-corrected chi connectivity index (χ0v) is 13.1. The summed E-state index contributed by atoms with van der Waals surface area (Å²) in [6, 6.07) is 14.5. The van der Waals surface area contributed by atoms with Gasteiger partial charge in [0, 0.05) is 35.9 Å². The van der Waals surface area contributed by atoms with E-state index in [1.165, 1.54) is 11.1 Å². The fraction of sp³-hybridized carbons (Fsp3) is 0.211. The van der Waals surface area contributed by atoms with E-state index in [-0.39, 0.29) is 5.91 Å². The van der Waals surface area contributed by atoms with Crippen molar-refractivity contribution >= 4 is 16.8 Å². The van der Waals surface area contributed by atoms with Crippen LogP contribution in [0.1, 0.15) is 21.5 Å². The van der Waals surface area contributed by atoms with E-state index in [4.69, 9.17) is 0 Å². The molecule has 2 N–H and O–H groups in total. The molecule has 1 amide bonds. The first-order valence-corrected chi connectivity index (χ1v) is 7.93. The Morgan fingerprint density at radius 3 is 2.78 bits per heavy atom. The number of benzene rings is 2. The molecule has 3 aromatic rings. The largest absolute Gasteiger partial charge is 0.352 e. The summed E-state index contributed by atoms with van der Waals surface area (Å²) in [7, 11) is 1.95. The third-order valence-corrected chi connectivity index (χ3v) is 4.43. The first-order chi connectivity index (χ1) is 11.3. The SMILES string of the molecule is CNCc1ccc(-n2cc3c4c(cccc42)C(=O)NCC3)cc1. The van der Waals surface area contributed by atoms with Gasteiger partial charge in [0.2, 0.25) is 0 Å². The Kier molecular flexibility index (Phi) is 3.39. The summed E-state index contributed by atoms with van der Waals surface area (Å²) >= 11 is 0. The van der Waals surface area contributed by atoms with Gasteiger partial charge in [0.15, 0.2) is 0 Å². The van der Waals surface area contributed by atoms with E-state index in [0.717, 1.165) is 35.1 Å². The minimum atomic E-state index is 0.0245. The molecule has 4 heteroatoms. The van der Waals surface area contributed by atoms with Crippen LogP contribution in [0.4, 0.5) is 0 Å². The van der Waals surface area contributed by atoms with Crippen molar-refractivity contribution in [2.75, 3.05) is 13.6 Å². The van der Waals surface area contributed by atoms with Crippen molar-refractivity contribution in [2.24, 2.45) is 0 Å². The van der Waals surface area contributed by atoms with Gasteiger partial charge in [-0.25, -0.2) is 0 Å². The summed E-state index contributed by atoms with van der Waals surface area (Å²) in [4.78, 5) is 12.2. The van der Waals surface area contributed by atoms with Gasteiger partial charge < -0.3 is 15.2 Å². The van der Waals surface area contributed by atoms with Crippen LogP contribution in [0.15, 0.2) is 48.7 Å². The fourth-order valence-corrected chi connectivity index (χ4v) is 3.35. The second-order valence-corrected chi connectivity index (χ2v) is 5.93. The van der Waals surface area contributed by atoms with Crippen molar-refractivity contribution in [3.63, 3.8) is 0 Å². The normalized spacial score (nSPS) is 13.9. The monoisotopic (exact) mass is 305 g/mol. The maximum Gasteiger partial charge on any atom is 0.251 e. The van der Waals surface area contributed by atoms with Crippen LogP contribution in [0.2, 0.25) is 0 Å². The Morgan fingerprint density at radius 1 is 1.17 bits per heavy atom. The van der Waals surface area contributed by atoms with Gasteiger partial charge in [0.1, 0.15) is 0 Å². The zero-order valence-electron chi connectivity index (χ0n) is 13.1. The molecule has 0 radical (unpaired) electrons. The fourth-order valence-electron chi connectivity index (χ4n) is 3.35. The Morgan fingerprint density at radius 2 is 2.00 bits per heavy atom. The summed E-state index contributed by atoms with van der Waals surface area (Å²) in [5.74, 6) is 0.0245. The molecule has 23 heavy (non-hydrogen) atoms. The maximum atomic E-state index is 12.2. The minimum Gasteiger partial charge on any atom is -0.352 e. The molecule has 1 aromatic heterocycles. The highest BCUT2D eigenvalue weighted by molar-refractivity contribution is 6.08. The van der Waals surface area contributed by atoms with Gasteiger partial charge in [0.25, 0.3) is 5.91 Å². The molecule has 116 valence electrons. The van der Waals surface area contributed by atoms with Crippen LogP contribution >= 0.6 is 0 Å². The molecule has 0 unspecified atom stereocenters. The van der Waals surface area contributed by atoms with Gasteiger partial charge in [-0.3, -0.25) is 4.79 Å². The highest BCUT2D eigenvalue weighted by Crippen LogP contribution is 2.29. The molecule has 0 fully saturated rings. The van der Waals surface area contributed by atoms with E-state index in [9.17, 15) is 4.79 Å². The third-order valence-electron chi connectivity index (χ3n) is 4.43. The Balaban J connectivity index is 1.88. The number of carbonyl (C=O) groups excluding carboxylic acids is 1. The van der Waals surface area contributed by atoms with E-state index >= 15 is 0 Å². The molecule has 0 spiro atoms. The van der Waals surface area contributed by atoms with Crippen LogP contribution in [-0.4, -0.2) is 24.1 Å². The molecule has 2 heterocycles. The van der Waals surface area contributed by atoms with Crippen molar-refractivity contribution < 1.29 is 4.79 Å². The predicted octanol–water partition coefficient (Wildman–Crippen LogP) is 2.64. The van der Waals surface area contributed by atoms with Crippen molar-refractivity contribution in [1.29, 1.82) is 0 Å². The zero-order chi connectivity index (χ0) is 15.8. The lowest BCUT2D eigenvalue weighted by Crippen LogP contribution is -2.23. The lowest BCUT2D eigenvalue weighted by Gasteiger charge is -2.08. The van der Waals surface area contributed by atoms with Gasteiger partial charge >= 0.3 is 0 Å². The number of aromatic nitrogens is 1. The van der Waals surface area contributed by atoms with Gasteiger partial charge in [-0.1, -0.05) is 18.2 Å². The second kappa shape index (κ2) is 5.56. The highest BCUT2D eigenvalue weighted by atomic mass is 16.1. The maximum absolute atomic E-state index is 12.2. The molecule has 0 atom stereocenters. The summed E-state index contributed by atoms with van der Waals surface area (Å²) in [5.41, 5.74) is 5.48. The predicted molar refractivity (Wildman–Crippen MR) is 92.1 cm³/mol. The molecule has 1 aliphatic rings. The summed E-state index contributed by atoms with van der Waals surface area (Å²) < 4.78 is 2.19. The number of carbonyl (C=O) groups is 1. The van der Waals surface area contributed by atoms with Crippen LogP contribution in [0.3, 0.4) is 0 Å². The average Bonchev–Trinajstić information content (AvgIpc) is 2.86. The number of rotatable bonds is 3. The Bertz CT molecular complexity index is 878. The standard InChI is InChI=1S/C19H19N3O/c1-20-11-13-5-7-15(8-6-13)22-12-14-9-10-21-19(23)16-3-2-4-17(22)18(14)16/h2-8,12,20H,9-11H2,1H3,(H,21,23). The van der Waals surface area contributed by atoms with Crippen LogP contribution in [0, 0.1) is 0 Å². The second-order valence-electron chi connectivity index (χ2n) is 5.93. The lowest BCUT2D eigenvalue weighted by molar-refractivity contribution is 0.0957. The topological polar surface area (TPSA) is 46.1 Å². The first-order valence-electron chi connectivity index (χ1n) is 7.93. The smallest absolute Gasteiger partial charge is 0.251 e. The molecule has 4 nitrogen and oxygen atoms in total. The van der Waals surface area contributed by atoms with Gasteiger partial charge in [0.05, 0.1) is 5.52 Å². The van der Waals surface area contributed by atoms with Crippen LogP contribution in [0.5, 0.6) is 0 Å². The quantitative estimate of drug-likeness (QED) is 0.781. The van der Waals surface area contributed by atoms with Crippen molar-refractivity contribution in [3.8, 4) is 5.69 Å². The van der Waals surface area contributed by atoms with Crippen LogP contribution < -0.4 is 10.6 Å². The number of amides is 1. The highest BCUT2D eigenvalue weighted by Gasteiger charge is 2.20. The summed E-state index contributed by atoms with van der Waals surface area (Å²) in [6.45, 7) is 1.55. The van der Waals surface area contributed by atoms with E-state index in [1.54, 1.807) is 0 Å². The van der Waals surface area contributed by atoms with Crippen LogP contribution in [-0.2, 0) is 13.0 Å². The first kappa shape index (κ1) is 14.0. The van der Waals surface area contributed by atoms with Gasteiger partial charge in [-0.05, 0) is 48.9 Å². The molecule has 0 saturated carbocycles. The molecule has 0 saturated heterocycles. The molecular weight excluding hydrogens is 286 g/mol. The van der Waals surface area contributed by atoms with Crippen molar-refractivity contribution in [2.45, 2.75) is 13.0 Å². The molecular formula is C19H19N3O. The van der Waals surface area contributed by atoms with Gasteiger partial charge in [-0.15, -0.1) is 0 Å². The third kappa shape index (κ3) is 2.32. The van der Waals surface area contributed by atoms with E-state index in [1.807, 2.05) is 19.2 Å². The minimum absolute atomic E-state index is 0.0245. The van der Waals surface area contributed by atoms with E-state index in [2.05, 4.69) is 51.7 Å². The Labute approximate surface area is 135 Å². The average molecular weight is 305 g/mol. The Hall–Kier alpha value is -2.59. The molecule has 1 aliphatic heterocycles. The number of hydrogen-bond acceptors (Lipinski definition) is 2.